The van der Waals surface area contributed by atoms with Crippen molar-refractivity contribution < 1.29 is 4.79 Å². The van der Waals surface area contributed by atoms with Crippen molar-refractivity contribution >= 4 is 52.2 Å². The monoisotopic (exact) mass is 349 g/mol. The number of carbonyl (C=O) groups excluding carboxylic acids is 1. The van der Waals surface area contributed by atoms with E-state index in [0.29, 0.717) is 21.4 Å². The zero-order chi connectivity index (χ0) is 16.2. The summed E-state index contributed by atoms with van der Waals surface area (Å²) in [7, 11) is 1.93. The van der Waals surface area contributed by atoms with E-state index < -0.39 is 0 Å². The average Bonchev–Trinajstić information content (AvgIpc) is 2.41. The zero-order valence-electron chi connectivity index (χ0n) is 12.6. The lowest BCUT2D eigenvalue weighted by molar-refractivity contribution is -0.120. The normalized spacial score (nSPS) is 14.0. The van der Waals surface area contributed by atoms with E-state index in [9.17, 15) is 4.79 Å². The maximum absolute atomic E-state index is 12.3. The number of benzene rings is 1. The Morgan fingerprint density at radius 1 is 1.38 bits per heavy atom. The van der Waals surface area contributed by atoms with Crippen LogP contribution in [0, 0.1) is 0 Å². The van der Waals surface area contributed by atoms with E-state index in [4.69, 9.17) is 28.9 Å². The van der Waals surface area contributed by atoms with Crippen LogP contribution in [0.5, 0.6) is 0 Å². The molecule has 0 bridgehead atoms. The topological polar surface area (TPSA) is 58.4 Å². The second-order valence-corrected chi connectivity index (χ2v) is 6.72. The highest BCUT2D eigenvalue weighted by Crippen LogP contribution is 2.33. The highest BCUT2D eigenvalue weighted by molar-refractivity contribution is 7.98. The van der Waals surface area contributed by atoms with E-state index in [1.807, 2.05) is 25.1 Å². The SMILES string of the molecule is CSCC(C)N(C)C(C)C(=O)Nc1c(Cl)cc(N)cc1Cl. The van der Waals surface area contributed by atoms with Crippen molar-refractivity contribution in [3.63, 3.8) is 0 Å². The number of rotatable bonds is 6. The van der Waals surface area contributed by atoms with Crippen molar-refractivity contribution in [2.75, 3.05) is 30.1 Å². The molecule has 1 amide bonds. The predicted octanol–water partition coefficient (Wildman–Crippen LogP) is 3.59. The van der Waals surface area contributed by atoms with Gasteiger partial charge in [0.2, 0.25) is 5.91 Å². The van der Waals surface area contributed by atoms with E-state index in [0.717, 1.165) is 5.75 Å². The van der Waals surface area contributed by atoms with Crippen molar-refractivity contribution in [2.45, 2.75) is 25.9 Å². The van der Waals surface area contributed by atoms with Crippen LogP contribution in [0.1, 0.15) is 13.8 Å². The summed E-state index contributed by atoms with van der Waals surface area (Å²) in [5.41, 5.74) is 6.51. The molecule has 0 aliphatic heterocycles. The molecular weight excluding hydrogens is 329 g/mol. The molecule has 0 fully saturated rings. The molecule has 7 heteroatoms. The summed E-state index contributed by atoms with van der Waals surface area (Å²) in [5.74, 6) is 0.802. The molecule has 1 aromatic carbocycles. The minimum atomic E-state index is -0.295. The largest absolute Gasteiger partial charge is 0.399 e. The number of hydrogen-bond donors (Lipinski definition) is 2. The lowest BCUT2D eigenvalue weighted by Crippen LogP contribution is -2.45. The number of halogens is 2. The van der Waals surface area contributed by atoms with Gasteiger partial charge in [-0.3, -0.25) is 9.69 Å². The fourth-order valence-electron chi connectivity index (χ4n) is 1.87. The Morgan fingerprint density at radius 2 is 1.90 bits per heavy atom. The van der Waals surface area contributed by atoms with Crippen LogP contribution in [0.25, 0.3) is 0 Å². The van der Waals surface area contributed by atoms with Crippen molar-refractivity contribution in [2.24, 2.45) is 0 Å². The van der Waals surface area contributed by atoms with Crippen LogP contribution < -0.4 is 11.1 Å². The number of thioether (sulfide) groups is 1. The summed E-state index contributed by atoms with van der Waals surface area (Å²) in [5, 5.41) is 3.44. The van der Waals surface area contributed by atoms with Gasteiger partial charge in [0, 0.05) is 17.5 Å². The third kappa shape index (κ3) is 4.95. The first-order chi connectivity index (χ1) is 9.77. The van der Waals surface area contributed by atoms with Gasteiger partial charge in [0.1, 0.15) is 0 Å². The fraction of sp³-hybridized carbons (Fsp3) is 0.500. The number of nitrogens with one attached hydrogen (secondary N) is 1. The maximum atomic E-state index is 12.3. The molecule has 4 nitrogen and oxygen atoms in total. The molecule has 0 aliphatic rings. The van der Waals surface area contributed by atoms with Crippen molar-refractivity contribution in [1.82, 2.24) is 4.90 Å². The number of likely N-dealkylation sites (N-methyl/N-ethyl adjacent to an activating group) is 1. The van der Waals surface area contributed by atoms with Crippen LogP contribution in [-0.4, -0.2) is 41.9 Å². The summed E-state index contributed by atoms with van der Waals surface area (Å²) in [6.45, 7) is 3.94. The standard InChI is InChI=1S/C14H21Cl2N3OS/c1-8(7-21-4)19(3)9(2)14(20)18-13-11(15)5-10(17)6-12(13)16/h5-6,8-9H,7,17H2,1-4H3,(H,18,20). The first-order valence-corrected chi connectivity index (χ1v) is 8.69. The molecule has 2 unspecified atom stereocenters. The van der Waals surface area contributed by atoms with Gasteiger partial charge in [-0.2, -0.15) is 11.8 Å². The first-order valence-electron chi connectivity index (χ1n) is 6.54. The van der Waals surface area contributed by atoms with E-state index in [-0.39, 0.29) is 18.0 Å². The molecule has 3 N–H and O–H groups in total. The van der Waals surface area contributed by atoms with Gasteiger partial charge < -0.3 is 11.1 Å². The number of nitrogen functional groups attached to an aromatic ring is 1. The Kier molecular flexibility index (Phi) is 7.13. The zero-order valence-corrected chi connectivity index (χ0v) is 14.9. The third-order valence-electron chi connectivity index (χ3n) is 3.41. The van der Waals surface area contributed by atoms with Crippen LogP contribution in [0.4, 0.5) is 11.4 Å². The van der Waals surface area contributed by atoms with Crippen LogP contribution >= 0.6 is 35.0 Å². The molecule has 0 aliphatic carbocycles. The van der Waals surface area contributed by atoms with E-state index in [2.05, 4.69) is 12.2 Å². The van der Waals surface area contributed by atoms with Gasteiger partial charge in [-0.25, -0.2) is 0 Å². The predicted molar refractivity (Wildman–Crippen MR) is 94.6 cm³/mol. The Labute approximate surface area is 140 Å². The van der Waals surface area contributed by atoms with Gasteiger partial charge in [0.25, 0.3) is 0 Å². The quantitative estimate of drug-likeness (QED) is 0.770. The molecule has 1 aromatic rings. The summed E-state index contributed by atoms with van der Waals surface area (Å²) < 4.78 is 0. The Morgan fingerprint density at radius 3 is 2.38 bits per heavy atom. The van der Waals surface area contributed by atoms with Crippen LogP contribution in [0.15, 0.2) is 12.1 Å². The number of hydrogen-bond acceptors (Lipinski definition) is 4. The summed E-state index contributed by atoms with van der Waals surface area (Å²) in [6.07, 6.45) is 2.04. The second-order valence-electron chi connectivity index (χ2n) is 4.99. The summed E-state index contributed by atoms with van der Waals surface area (Å²) in [6, 6.07) is 3.12. The number of nitrogens with two attached hydrogens (primary N) is 1. The first kappa shape index (κ1) is 18.4. The molecule has 1 rings (SSSR count). The Hall–Kier alpha value is -0.620. The van der Waals surface area contributed by atoms with Gasteiger partial charge in [-0.15, -0.1) is 0 Å². The lowest BCUT2D eigenvalue weighted by Gasteiger charge is -2.29. The van der Waals surface area contributed by atoms with Crippen molar-refractivity contribution in [1.29, 1.82) is 0 Å². The minimum absolute atomic E-state index is 0.154. The van der Waals surface area contributed by atoms with Crippen LogP contribution in [0.2, 0.25) is 10.0 Å². The van der Waals surface area contributed by atoms with E-state index >= 15 is 0 Å². The van der Waals surface area contributed by atoms with Crippen LogP contribution in [-0.2, 0) is 4.79 Å². The molecule has 0 heterocycles. The van der Waals surface area contributed by atoms with E-state index in [1.54, 1.807) is 23.9 Å². The smallest absolute Gasteiger partial charge is 0.241 e. The molecule has 118 valence electrons. The average molecular weight is 350 g/mol. The van der Waals surface area contributed by atoms with Gasteiger partial charge >= 0.3 is 0 Å². The number of carbonyl (C=O) groups is 1. The highest BCUT2D eigenvalue weighted by atomic mass is 35.5. The molecule has 2 atom stereocenters. The van der Waals surface area contributed by atoms with Gasteiger partial charge in [-0.05, 0) is 39.3 Å². The Bertz CT molecular complexity index is 490. The fourth-order valence-corrected chi connectivity index (χ4v) is 3.18. The summed E-state index contributed by atoms with van der Waals surface area (Å²) in [4.78, 5) is 14.4. The Balaban J connectivity index is 2.82. The molecule has 0 aromatic heterocycles. The molecule has 21 heavy (non-hydrogen) atoms. The number of nitrogens with zero attached hydrogens (tertiary/aromatic N) is 1. The van der Waals surface area contributed by atoms with Crippen molar-refractivity contribution in [3.05, 3.63) is 22.2 Å². The minimum Gasteiger partial charge on any atom is -0.399 e. The molecular formula is C14H21Cl2N3OS. The number of amides is 1. The van der Waals surface area contributed by atoms with Gasteiger partial charge in [0.05, 0.1) is 21.8 Å². The molecule has 0 radical (unpaired) electrons. The molecule has 0 spiro atoms. The number of anilines is 2. The maximum Gasteiger partial charge on any atom is 0.241 e. The van der Waals surface area contributed by atoms with E-state index in [1.165, 1.54) is 0 Å². The highest BCUT2D eigenvalue weighted by Gasteiger charge is 2.23. The van der Waals surface area contributed by atoms with Crippen LogP contribution in [0.3, 0.4) is 0 Å². The lowest BCUT2D eigenvalue weighted by atomic mass is 10.2. The second kappa shape index (κ2) is 8.13. The van der Waals surface area contributed by atoms with Gasteiger partial charge in [0.15, 0.2) is 0 Å². The van der Waals surface area contributed by atoms with Crippen molar-refractivity contribution in [3.8, 4) is 0 Å². The third-order valence-corrected chi connectivity index (χ3v) is 4.82. The molecule has 0 saturated carbocycles. The summed E-state index contributed by atoms with van der Waals surface area (Å²) >= 11 is 13.9. The van der Waals surface area contributed by atoms with Gasteiger partial charge in [-0.1, -0.05) is 23.2 Å². The molecule has 0 saturated heterocycles.